The number of rotatable bonds is 8. The van der Waals surface area contributed by atoms with Crippen LogP contribution in [0, 0.1) is 0 Å². The number of anilines is 1. The fourth-order valence-corrected chi connectivity index (χ4v) is 3.52. The van der Waals surface area contributed by atoms with Gasteiger partial charge in [0.2, 0.25) is 11.8 Å². The summed E-state index contributed by atoms with van der Waals surface area (Å²) < 4.78 is 0. The number of piperazine rings is 1. The fraction of sp³-hybridized carbons (Fsp3) is 0.348. The van der Waals surface area contributed by atoms with Gasteiger partial charge < -0.3 is 9.80 Å². The molecule has 0 aliphatic carbocycles. The first-order chi connectivity index (χ1) is 14.6. The average Bonchev–Trinajstić information content (AvgIpc) is 2.81. The molecule has 0 radical (unpaired) electrons. The molecule has 30 heavy (non-hydrogen) atoms. The quantitative estimate of drug-likeness (QED) is 0.440. The molecule has 0 aromatic heterocycles. The van der Waals surface area contributed by atoms with E-state index in [0.29, 0.717) is 12.0 Å². The van der Waals surface area contributed by atoms with Crippen LogP contribution in [0.5, 0.6) is 0 Å². The smallest absolute Gasteiger partial charge is 0.244 e. The number of hydrazine groups is 1. The lowest BCUT2D eigenvalue weighted by atomic mass is 10.1. The van der Waals surface area contributed by atoms with E-state index in [1.165, 1.54) is 10.6 Å². The topological polar surface area (TPSA) is 83.0 Å². The maximum absolute atomic E-state index is 12.0. The zero-order chi connectivity index (χ0) is 21.2. The van der Waals surface area contributed by atoms with Crippen LogP contribution in [0.15, 0.2) is 60.7 Å². The second-order valence-corrected chi connectivity index (χ2v) is 7.46. The van der Waals surface area contributed by atoms with Crippen LogP contribution in [0.4, 0.5) is 5.69 Å². The Morgan fingerprint density at radius 1 is 0.767 bits per heavy atom. The number of nitrogens with zero attached hydrogens (tertiary/aromatic N) is 1. The molecule has 3 N–H and O–H groups in total. The van der Waals surface area contributed by atoms with Crippen LogP contribution in [-0.2, 0) is 9.59 Å². The number of benzene rings is 2. The highest BCUT2D eigenvalue weighted by atomic mass is 16.2. The molecule has 2 aromatic carbocycles. The largest absolute Gasteiger partial charge is 0.360 e. The van der Waals surface area contributed by atoms with E-state index < -0.39 is 0 Å². The molecule has 2 aromatic rings. The molecule has 0 unspecified atom stereocenters. The maximum atomic E-state index is 12.0. The number of Topliss-reactive ketones (excluding diaryl/α,β-unsaturated/α-hetero) is 1. The Balaban J connectivity index is 1.28. The number of amides is 2. The maximum Gasteiger partial charge on any atom is 0.244 e. The molecule has 2 amide bonds. The molecule has 0 atom stereocenters. The second-order valence-electron chi connectivity index (χ2n) is 7.46. The van der Waals surface area contributed by atoms with E-state index in [4.69, 9.17) is 0 Å². The van der Waals surface area contributed by atoms with Crippen molar-refractivity contribution in [3.05, 3.63) is 66.2 Å². The third-order valence-electron chi connectivity index (χ3n) is 5.31. The molecule has 158 valence electrons. The van der Waals surface area contributed by atoms with Crippen molar-refractivity contribution in [3.63, 3.8) is 0 Å². The van der Waals surface area contributed by atoms with Gasteiger partial charge in [-0.1, -0.05) is 48.5 Å². The Morgan fingerprint density at radius 2 is 1.33 bits per heavy atom. The Labute approximate surface area is 177 Å². The number of quaternary nitrogens is 1. The lowest BCUT2D eigenvalue weighted by Gasteiger charge is -2.33. The highest BCUT2D eigenvalue weighted by Gasteiger charge is 2.20. The van der Waals surface area contributed by atoms with Crippen LogP contribution in [0.25, 0.3) is 0 Å². The summed E-state index contributed by atoms with van der Waals surface area (Å²) in [5, 5.41) is 0. The summed E-state index contributed by atoms with van der Waals surface area (Å²) in [5.74, 6) is -0.664. The van der Waals surface area contributed by atoms with E-state index in [9.17, 15) is 14.4 Å². The van der Waals surface area contributed by atoms with E-state index in [0.717, 1.165) is 32.7 Å². The number of hydrogen-bond donors (Lipinski definition) is 3. The lowest BCUT2D eigenvalue weighted by molar-refractivity contribution is -0.900. The molecule has 0 saturated carbocycles. The van der Waals surface area contributed by atoms with Crippen molar-refractivity contribution in [2.24, 2.45) is 0 Å². The minimum atomic E-state index is -0.364. The summed E-state index contributed by atoms with van der Waals surface area (Å²) in [6, 6.07) is 19.2. The molecular weight excluding hydrogens is 380 g/mol. The average molecular weight is 410 g/mol. The highest BCUT2D eigenvalue weighted by molar-refractivity contribution is 5.98. The van der Waals surface area contributed by atoms with Crippen molar-refractivity contribution < 1.29 is 19.3 Å². The first-order valence-corrected chi connectivity index (χ1v) is 10.4. The molecule has 0 bridgehead atoms. The van der Waals surface area contributed by atoms with Gasteiger partial charge in [-0.05, 0) is 12.1 Å². The second kappa shape index (κ2) is 11.1. The van der Waals surface area contributed by atoms with E-state index in [2.05, 4.69) is 27.9 Å². The normalized spacial score (nSPS) is 14.2. The van der Waals surface area contributed by atoms with Gasteiger partial charge in [-0.15, -0.1) is 0 Å². The summed E-state index contributed by atoms with van der Waals surface area (Å²) in [5.41, 5.74) is 6.67. The molecule has 3 rings (SSSR count). The van der Waals surface area contributed by atoms with Gasteiger partial charge in [0.05, 0.1) is 39.1 Å². The predicted molar refractivity (Wildman–Crippen MR) is 115 cm³/mol. The Hall–Kier alpha value is -3.19. The molecule has 1 aliphatic heterocycles. The molecule has 7 heteroatoms. The van der Waals surface area contributed by atoms with E-state index in [1.54, 1.807) is 24.3 Å². The van der Waals surface area contributed by atoms with Crippen molar-refractivity contribution in [1.29, 1.82) is 0 Å². The molecule has 1 fully saturated rings. The summed E-state index contributed by atoms with van der Waals surface area (Å²) >= 11 is 0. The standard InChI is InChI=1S/C23H28N4O3/c28-21(19-7-3-1-4-8-19)11-12-22(29)24-25-23(30)13-14-26-15-17-27(18-16-26)20-9-5-2-6-10-20/h1-10H,11-18H2,(H,24,29)(H,25,30)/p+1. The van der Waals surface area contributed by atoms with E-state index in [-0.39, 0.29) is 30.4 Å². The minimum absolute atomic E-state index is 0.0424. The third kappa shape index (κ3) is 6.70. The van der Waals surface area contributed by atoms with Crippen LogP contribution < -0.4 is 20.7 Å². The minimum Gasteiger partial charge on any atom is -0.360 e. The van der Waals surface area contributed by atoms with E-state index in [1.807, 2.05) is 24.3 Å². The Bertz CT molecular complexity index is 834. The Morgan fingerprint density at radius 3 is 1.97 bits per heavy atom. The van der Waals surface area contributed by atoms with Gasteiger partial charge in [-0.2, -0.15) is 0 Å². The van der Waals surface area contributed by atoms with Crippen molar-refractivity contribution in [2.75, 3.05) is 37.6 Å². The number of nitrogens with one attached hydrogen (secondary N) is 3. The van der Waals surface area contributed by atoms with Crippen LogP contribution in [0.3, 0.4) is 0 Å². The molecule has 1 saturated heterocycles. The number of hydrogen-bond acceptors (Lipinski definition) is 4. The summed E-state index contributed by atoms with van der Waals surface area (Å²) in [6.07, 6.45) is 0.506. The first-order valence-electron chi connectivity index (χ1n) is 10.4. The predicted octanol–water partition coefficient (Wildman–Crippen LogP) is 0.592. The van der Waals surface area contributed by atoms with Crippen LogP contribution in [-0.4, -0.2) is 50.3 Å². The molecule has 1 aliphatic rings. The number of ketones is 1. The summed E-state index contributed by atoms with van der Waals surface area (Å²) in [4.78, 5) is 39.6. The van der Waals surface area contributed by atoms with Crippen molar-refractivity contribution in [3.8, 4) is 0 Å². The monoisotopic (exact) mass is 409 g/mol. The van der Waals surface area contributed by atoms with Crippen LogP contribution >= 0.6 is 0 Å². The SMILES string of the molecule is O=C(CCC(=O)c1ccccc1)NNC(=O)CC[NH+]1CCN(c2ccccc2)CC1. The van der Waals surface area contributed by atoms with Gasteiger partial charge in [0.1, 0.15) is 0 Å². The van der Waals surface area contributed by atoms with Crippen LogP contribution in [0.2, 0.25) is 0 Å². The summed E-state index contributed by atoms with van der Waals surface area (Å²) in [6.45, 7) is 4.63. The van der Waals surface area contributed by atoms with E-state index >= 15 is 0 Å². The van der Waals surface area contributed by atoms with Gasteiger partial charge in [0, 0.05) is 24.1 Å². The number of carbonyl (C=O) groups is 3. The first kappa shape index (κ1) is 21.5. The molecule has 1 heterocycles. The van der Waals surface area contributed by atoms with Gasteiger partial charge >= 0.3 is 0 Å². The Kier molecular flexibility index (Phi) is 7.97. The lowest BCUT2D eigenvalue weighted by Crippen LogP contribution is -3.15. The summed E-state index contributed by atoms with van der Waals surface area (Å²) in [7, 11) is 0. The van der Waals surface area contributed by atoms with Crippen molar-refractivity contribution in [1.82, 2.24) is 10.9 Å². The number of para-hydroxylation sites is 1. The molecule has 7 nitrogen and oxygen atoms in total. The van der Waals surface area contributed by atoms with Crippen molar-refractivity contribution >= 4 is 23.3 Å². The van der Waals surface area contributed by atoms with Gasteiger partial charge in [-0.25, -0.2) is 0 Å². The molecular formula is C23H29N4O3+. The van der Waals surface area contributed by atoms with Crippen molar-refractivity contribution in [2.45, 2.75) is 19.3 Å². The van der Waals surface area contributed by atoms with Crippen LogP contribution in [0.1, 0.15) is 29.6 Å². The van der Waals surface area contributed by atoms with Gasteiger partial charge in [-0.3, -0.25) is 25.2 Å². The van der Waals surface area contributed by atoms with Gasteiger partial charge in [0.15, 0.2) is 5.78 Å². The number of carbonyl (C=O) groups excluding carboxylic acids is 3. The zero-order valence-corrected chi connectivity index (χ0v) is 17.1. The fourth-order valence-electron chi connectivity index (χ4n) is 3.52. The highest BCUT2D eigenvalue weighted by Crippen LogP contribution is 2.12. The molecule has 0 spiro atoms. The zero-order valence-electron chi connectivity index (χ0n) is 17.1. The van der Waals surface area contributed by atoms with Gasteiger partial charge in [0.25, 0.3) is 0 Å². The third-order valence-corrected chi connectivity index (χ3v) is 5.31.